The highest BCUT2D eigenvalue weighted by molar-refractivity contribution is 7.89. The lowest BCUT2D eigenvalue weighted by Crippen LogP contribution is -2.43. The predicted octanol–water partition coefficient (Wildman–Crippen LogP) is 3.53. The normalized spacial score (nSPS) is 16.6. The van der Waals surface area contributed by atoms with Crippen LogP contribution in [0.15, 0.2) is 28.5 Å². The summed E-state index contributed by atoms with van der Waals surface area (Å²) in [5.74, 6) is 0.664. The molecule has 148 valence electrons. The summed E-state index contributed by atoms with van der Waals surface area (Å²) in [7, 11) is -2.06. The second-order valence-electron chi connectivity index (χ2n) is 6.96. The van der Waals surface area contributed by atoms with Gasteiger partial charge in [-0.25, -0.2) is 13.4 Å². The van der Waals surface area contributed by atoms with Crippen molar-refractivity contribution < 1.29 is 17.9 Å². The highest BCUT2D eigenvalue weighted by Gasteiger charge is 2.42. The fourth-order valence-corrected chi connectivity index (χ4v) is 6.00. The molecule has 0 unspecified atom stereocenters. The molecule has 0 aliphatic heterocycles. The maximum atomic E-state index is 13.1. The lowest BCUT2D eigenvalue weighted by Gasteiger charge is -2.28. The van der Waals surface area contributed by atoms with E-state index in [1.54, 1.807) is 25.3 Å². The average molecular weight is 411 g/mol. The third kappa shape index (κ3) is 4.51. The summed E-state index contributed by atoms with van der Waals surface area (Å²) < 4.78 is 39.8. The molecule has 0 bridgehead atoms. The van der Waals surface area contributed by atoms with Crippen molar-refractivity contribution >= 4 is 21.4 Å². The molecule has 8 heteroatoms. The van der Waals surface area contributed by atoms with Crippen molar-refractivity contribution in [1.29, 1.82) is 0 Å². The molecule has 1 fully saturated rings. The van der Waals surface area contributed by atoms with Crippen LogP contribution in [-0.4, -0.2) is 33.7 Å². The number of rotatable bonds is 8. The summed E-state index contributed by atoms with van der Waals surface area (Å²) in [5, 5.41) is 2.83. The molecule has 1 saturated carbocycles. The Labute approximate surface area is 165 Å². The lowest BCUT2D eigenvalue weighted by atomic mass is 10.0. The molecule has 1 aromatic heterocycles. The number of sulfonamides is 1. The molecule has 1 aliphatic rings. The molecule has 0 saturated heterocycles. The van der Waals surface area contributed by atoms with Gasteiger partial charge in [0.25, 0.3) is 0 Å². The minimum atomic E-state index is -3.67. The molecular weight excluding hydrogens is 384 g/mol. The Bertz CT molecular complexity index is 887. The van der Waals surface area contributed by atoms with Crippen LogP contribution in [0.2, 0.25) is 0 Å². The first-order valence-electron chi connectivity index (χ1n) is 9.05. The standard InChI is InChI=1S/C19H26N2O4S2/c1-14-12-16(6-7-17(14)25-11-10-24-3)27(22,23)21-19(8-4-5-9-19)18-20-15(2)13-26-18/h6-7,12-13,21H,4-5,8-11H2,1-3H3. The van der Waals surface area contributed by atoms with Gasteiger partial charge in [-0.05, 0) is 50.5 Å². The number of aromatic nitrogens is 1. The van der Waals surface area contributed by atoms with Crippen LogP contribution in [0.5, 0.6) is 5.75 Å². The van der Waals surface area contributed by atoms with Crippen molar-refractivity contribution in [3.63, 3.8) is 0 Å². The van der Waals surface area contributed by atoms with E-state index < -0.39 is 15.6 Å². The summed E-state index contributed by atoms with van der Waals surface area (Å²) in [5.41, 5.74) is 1.10. The van der Waals surface area contributed by atoms with Gasteiger partial charge in [0.2, 0.25) is 10.0 Å². The van der Waals surface area contributed by atoms with Gasteiger partial charge in [0.1, 0.15) is 17.4 Å². The Morgan fingerprint density at radius 2 is 1.96 bits per heavy atom. The molecule has 1 N–H and O–H groups in total. The van der Waals surface area contributed by atoms with Gasteiger partial charge in [0.15, 0.2) is 0 Å². The summed E-state index contributed by atoms with van der Waals surface area (Å²) in [6.07, 6.45) is 3.53. The zero-order chi connectivity index (χ0) is 19.5. The van der Waals surface area contributed by atoms with Crippen LogP contribution >= 0.6 is 11.3 Å². The van der Waals surface area contributed by atoms with E-state index in [2.05, 4.69) is 9.71 Å². The van der Waals surface area contributed by atoms with E-state index in [9.17, 15) is 8.42 Å². The van der Waals surface area contributed by atoms with Gasteiger partial charge in [-0.1, -0.05) is 12.8 Å². The van der Waals surface area contributed by atoms with E-state index in [1.165, 1.54) is 11.3 Å². The smallest absolute Gasteiger partial charge is 0.241 e. The lowest BCUT2D eigenvalue weighted by molar-refractivity contribution is 0.146. The quantitative estimate of drug-likeness (QED) is 0.674. The molecule has 1 aliphatic carbocycles. The number of ether oxygens (including phenoxy) is 2. The first-order valence-corrected chi connectivity index (χ1v) is 11.4. The Kier molecular flexibility index (Phi) is 6.20. The fourth-order valence-electron chi connectivity index (χ4n) is 3.41. The molecule has 0 amide bonds. The molecule has 6 nitrogen and oxygen atoms in total. The van der Waals surface area contributed by atoms with Gasteiger partial charge in [0, 0.05) is 18.2 Å². The maximum absolute atomic E-state index is 13.1. The van der Waals surface area contributed by atoms with Crippen LogP contribution in [0.4, 0.5) is 0 Å². The number of aryl methyl sites for hydroxylation is 2. The van der Waals surface area contributed by atoms with Crippen LogP contribution in [0.25, 0.3) is 0 Å². The first kappa shape index (κ1) is 20.3. The summed E-state index contributed by atoms with van der Waals surface area (Å²) in [6.45, 7) is 4.69. The SMILES string of the molecule is COCCOc1ccc(S(=O)(=O)NC2(c3nc(C)cs3)CCCC2)cc1C. The highest BCUT2D eigenvalue weighted by atomic mass is 32.2. The third-order valence-electron chi connectivity index (χ3n) is 4.82. The van der Waals surface area contributed by atoms with Crippen molar-refractivity contribution in [2.75, 3.05) is 20.3 Å². The van der Waals surface area contributed by atoms with Crippen molar-refractivity contribution in [3.8, 4) is 5.75 Å². The van der Waals surface area contributed by atoms with Crippen LogP contribution in [0.1, 0.15) is 41.9 Å². The number of nitrogens with one attached hydrogen (secondary N) is 1. The second-order valence-corrected chi connectivity index (χ2v) is 9.50. The molecule has 0 atom stereocenters. The van der Waals surface area contributed by atoms with Gasteiger partial charge in [-0.2, -0.15) is 4.72 Å². The highest BCUT2D eigenvalue weighted by Crippen LogP contribution is 2.41. The molecule has 0 spiro atoms. The summed E-state index contributed by atoms with van der Waals surface area (Å²) in [6, 6.07) is 4.95. The van der Waals surface area contributed by atoms with Crippen LogP contribution in [0, 0.1) is 13.8 Å². The molecule has 3 rings (SSSR count). The van der Waals surface area contributed by atoms with Crippen molar-refractivity contribution in [3.05, 3.63) is 39.8 Å². The van der Waals surface area contributed by atoms with Crippen molar-refractivity contribution in [1.82, 2.24) is 9.71 Å². The zero-order valence-corrected chi connectivity index (χ0v) is 17.6. The first-order chi connectivity index (χ1) is 12.9. The fraction of sp³-hybridized carbons (Fsp3) is 0.526. The van der Waals surface area contributed by atoms with Gasteiger partial charge in [0.05, 0.1) is 17.0 Å². The number of thiazole rings is 1. The maximum Gasteiger partial charge on any atom is 0.241 e. The topological polar surface area (TPSA) is 77.5 Å². The molecule has 1 heterocycles. The summed E-state index contributed by atoms with van der Waals surface area (Å²) in [4.78, 5) is 4.82. The number of hydrogen-bond donors (Lipinski definition) is 1. The van der Waals surface area contributed by atoms with Gasteiger partial charge >= 0.3 is 0 Å². The number of nitrogens with zero attached hydrogens (tertiary/aromatic N) is 1. The van der Waals surface area contributed by atoms with Crippen molar-refractivity contribution in [2.24, 2.45) is 0 Å². The van der Waals surface area contributed by atoms with Crippen LogP contribution in [0.3, 0.4) is 0 Å². The van der Waals surface area contributed by atoms with E-state index in [0.29, 0.717) is 19.0 Å². The minimum absolute atomic E-state index is 0.249. The Hall–Kier alpha value is -1.48. The minimum Gasteiger partial charge on any atom is -0.491 e. The van der Waals surface area contributed by atoms with Crippen LogP contribution in [-0.2, 0) is 20.3 Å². The molecule has 0 radical (unpaired) electrons. The Morgan fingerprint density at radius 1 is 1.22 bits per heavy atom. The predicted molar refractivity (Wildman–Crippen MR) is 106 cm³/mol. The second kappa shape index (κ2) is 8.26. The Morgan fingerprint density at radius 3 is 2.56 bits per heavy atom. The molecular formula is C19H26N2O4S2. The number of hydrogen-bond acceptors (Lipinski definition) is 6. The van der Waals surface area contributed by atoms with Gasteiger partial charge < -0.3 is 9.47 Å². The number of benzene rings is 1. The van der Waals surface area contributed by atoms with Gasteiger partial charge in [-0.3, -0.25) is 0 Å². The van der Waals surface area contributed by atoms with E-state index in [-0.39, 0.29) is 4.90 Å². The van der Waals surface area contributed by atoms with Crippen molar-refractivity contribution in [2.45, 2.75) is 50.0 Å². The Balaban J connectivity index is 1.84. The van der Waals surface area contributed by atoms with E-state index in [4.69, 9.17) is 9.47 Å². The molecule has 27 heavy (non-hydrogen) atoms. The summed E-state index contributed by atoms with van der Waals surface area (Å²) >= 11 is 1.53. The van der Waals surface area contributed by atoms with Crippen LogP contribution < -0.4 is 9.46 Å². The monoisotopic (exact) mass is 410 g/mol. The average Bonchev–Trinajstić information content (AvgIpc) is 3.26. The third-order valence-corrected chi connectivity index (χ3v) is 7.52. The van der Waals surface area contributed by atoms with E-state index >= 15 is 0 Å². The largest absolute Gasteiger partial charge is 0.491 e. The van der Waals surface area contributed by atoms with E-state index in [0.717, 1.165) is 41.9 Å². The zero-order valence-electron chi connectivity index (χ0n) is 15.9. The van der Waals surface area contributed by atoms with E-state index in [1.807, 2.05) is 19.2 Å². The van der Waals surface area contributed by atoms with Gasteiger partial charge in [-0.15, -0.1) is 11.3 Å². The number of methoxy groups -OCH3 is 1. The molecule has 2 aromatic rings. The molecule has 1 aromatic carbocycles.